The molecule has 0 bridgehead atoms. The molecule has 0 aromatic carbocycles. The van der Waals surface area contributed by atoms with Gasteiger partial charge in [0.25, 0.3) is 0 Å². The first-order valence-electron chi connectivity index (χ1n) is 5.03. The first-order chi connectivity index (χ1) is 6.61. The van der Waals surface area contributed by atoms with Crippen molar-refractivity contribution in [3.63, 3.8) is 0 Å². The number of aliphatic hydroxyl groups is 1. The monoisotopic (exact) mass is 203 g/mol. The summed E-state index contributed by atoms with van der Waals surface area (Å²) in [5.74, 6) is 0.220. The largest absolute Gasteiger partial charge is 0.468 e. The molecule has 0 aliphatic carbocycles. The maximum absolute atomic E-state index is 11.3. The fourth-order valence-corrected chi connectivity index (χ4v) is 1.23. The van der Waals surface area contributed by atoms with E-state index in [1.54, 1.807) is 0 Å². The number of ether oxygens (including phenoxy) is 1. The number of esters is 1. The number of nitrogens with one attached hydrogen (secondary N) is 1. The van der Waals surface area contributed by atoms with Crippen molar-refractivity contribution < 1.29 is 14.6 Å². The Hall–Kier alpha value is -0.610. The van der Waals surface area contributed by atoms with Crippen molar-refractivity contribution in [3.8, 4) is 0 Å². The maximum Gasteiger partial charge on any atom is 0.322 e. The van der Waals surface area contributed by atoms with Crippen LogP contribution < -0.4 is 5.32 Å². The smallest absolute Gasteiger partial charge is 0.322 e. The number of hydrogen-bond acceptors (Lipinski definition) is 4. The van der Waals surface area contributed by atoms with E-state index >= 15 is 0 Å². The van der Waals surface area contributed by atoms with Crippen molar-refractivity contribution in [2.75, 3.05) is 20.3 Å². The zero-order valence-electron chi connectivity index (χ0n) is 9.25. The summed E-state index contributed by atoms with van der Waals surface area (Å²) in [6.45, 7) is 4.90. The van der Waals surface area contributed by atoms with Crippen LogP contribution >= 0.6 is 0 Å². The number of carbonyl (C=O) groups excluding carboxylic acids is 1. The second-order valence-electron chi connectivity index (χ2n) is 3.74. The molecular formula is C10H21NO3. The van der Waals surface area contributed by atoms with Crippen LogP contribution in [0.2, 0.25) is 0 Å². The Labute approximate surface area is 85.6 Å². The summed E-state index contributed by atoms with van der Waals surface area (Å²) in [6.07, 6.45) is 1.42. The van der Waals surface area contributed by atoms with Crippen LogP contribution in [0.15, 0.2) is 0 Å². The quantitative estimate of drug-likeness (QED) is 0.468. The van der Waals surface area contributed by atoms with Crippen LogP contribution in [-0.4, -0.2) is 37.4 Å². The Bertz CT molecular complexity index is 159. The normalized spacial score (nSPS) is 12.9. The van der Waals surface area contributed by atoms with Crippen LogP contribution in [0.25, 0.3) is 0 Å². The van der Waals surface area contributed by atoms with Gasteiger partial charge in [0, 0.05) is 6.61 Å². The highest BCUT2D eigenvalue weighted by atomic mass is 16.5. The van der Waals surface area contributed by atoms with E-state index in [0.29, 0.717) is 18.9 Å². The van der Waals surface area contributed by atoms with Crippen molar-refractivity contribution in [2.24, 2.45) is 5.92 Å². The Morgan fingerprint density at radius 3 is 2.57 bits per heavy atom. The molecule has 0 amide bonds. The van der Waals surface area contributed by atoms with Crippen molar-refractivity contribution >= 4 is 5.97 Å². The van der Waals surface area contributed by atoms with E-state index in [1.807, 2.05) is 0 Å². The molecule has 0 fully saturated rings. The van der Waals surface area contributed by atoms with Gasteiger partial charge in [-0.15, -0.1) is 0 Å². The fourth-order valence-electron chi connectivity index (χ4n) is 1.23. The molecule has 84 valence electrons. The molecule has 0 saturated carbocycles. The number of aliphatic hydroxyl groups excluding tert-OH is 1. The molecule has 1 atom stereocenters. The minimum absolute atomic E-state index is 0.141. The van der Waals surface area contributed by atoms with E-state index in [9.17, 15) is 4.79 Å². The van der Waals surface area contributed by atoms with Crippen LogP contribution in [0, 0.1) is 5.92 Å². The summed E-state index contributed by atoms with van der Waals surface area (Å²) in [4.78, 5) is 11.3. The Morgan fingerprint density at radius 1 is 1.50 bits per heavy atom. The van der Waals surface area contributed by atoms with E-state index in [-0.39, 0.29) is 18.6 Å². The van der Waals surface area contributed by atoms with Gasteiger partial charge in [-0.25, -0.2) is 0 Å². The molecule has 14 heavy (non-hydrogen) atoms. The molecule has 0 heterocycles. The molecular weight excluding hydrogens is 182 g/mol. The lowest BCUT2D eigenvalue weighted by molar-refractivity contribution is -0.143. The van der Waals surface area contributed by atoms with Crippen molar-refractivity contribution in [1.29, 1.82) is 0 Å². The van der Waals surface area contributed by atoms with Gasteiger partial charge in [-0.3, -0.25) is 4.79 Å². The molecule has 0 aromatic heterocycles. The summed E-state index contributed by atoms with van der Waals surface area (Å²) in [5.41, 5.74) is 0. The van der Waals surface area contributed by atoms with E-state index in [4.69, 9.17) is 5.11 Å². The molecule has 0 spiro atoms. The Morgan fingerprint density at radius 2 is 2.14 bits per heavy atom. The van der Waals surface area contributed by atoms with Crippen LogP contribution in [0.1, 0.15) is 26.7 Å². The number of methoxy groups -OCH3 is 1. The molecule has 0 radical (unpaired) electrons. The van der Waals surface area contributed by atoms with Gasteiger partial charge in [0.15, 0.2) is 0 Å². The van der Waals surface area contributed by atoms with E-state index in [1.165, 1.54) is 7.11 Å². The summed E-state index contributed by atoms with van der Waals surface area (Å²) < 4.78 is 4.68. The molecule has 0 aromatic rings. The molecule has 0 rings (SSSR count). The van der Waals surface area contributed by atoms with Crippen LogP contribution in [0.5, 0.6) is 0 Å². The first-order valence-corrected chi connectivity index (χ1v) is 5.03. The average Bonchev–Trinajstić information content (AvgIpc) is 2.15. The van der Waals surface area contributed by atoms with Gasteiger partial charge in [-0.2, -0.15) is 0 Å². The molecule has 4 nitrogen and oxygen atoms in total. The third kappa shape index (κ3) is 5.94. The minimum Gasteiger partial charge on any atom is -0.468 e. The molecule has 0 unspecified atom stereocenters. The lowest BCUT2D eigenvalue weighted by Gasteiger charge is -2.17. The van der Waals surface area contributed by atoms with Gasteiger partial charge in [-0.05, 0) is 25.3 Å². The maximum atomic E-state index is 11.3. The lowest BCUT2D eigenvalue weighted by Crippen LogP contribution is -2.39. The van der Waals surface area contributed by atoms with Crippen LogP contribution in [0.4, 0.5) is 0 Å². The predicted octanol–water partition coefficient (Wildman–Crippen LogP) is 0.546. The van der Waals surface area contributed by atoms with Crippen LogP contribution in [0.3, 0.4) is 0 Å². The van der Waals surface area contributed by atoms with Gasteiger partial charge in [0.05, 0.1) is 7.11 Å². The Balaban J connectivity index is 3.91. The number of rotatable bonds is 7. The van der Waals surface area contributed by atoms with Crippen molar-refractivity contribution in [2.45, 2.75) is 32.7 Å². The van der Waals surface area contributed by atoms with Crippen LogP contribution in [-0.2, 0) is 9.53 Å². The predicted molar refractivity (Wildman–Crippen MR) is 55.0 cm³/mol. The Kier molecular flexibility index (Phi) is 7.42. The third-order valence-corrected chi connectivity index (χ3v) is 1.92. The zero-order valence-corrected chi connectivity index (χ0v) is 9.25. The third-order valence-electron chi connectivity index (χ3n) is 1.92. The molecule has 0 aliphatic rings. The first kappa shape index (κ1) is 13.4. The molecule has 0 aliphatic heterocycles. The lowest BCUT2D eigenvalue weighted by atomic mass is 10.0. The second kappa shape index (κ2) is 7.76. The van der Waals surface area contributed by atoms with Crippen molar-refractivity contribution in [1.82, 2.24) is 5.32 Å². The zero-order chi connectivity index (χ0) is 11.0. The van der Waals surface area contributed by atoms with Crippen molar-refractivity contribution in [3.05, 3.63) is 0 Å². The van der Waals surface area contributed by atoms with E-state index < -0.39 is 0 Å². The highest BCUT2D eigenvalue weighted by Crippen LogP contribution is 2.05. The summed E-state index contributed by atoms with van der Waals surface area (Å²) >= 11 is 0. The van der Waals surface area contributed by atoms with Gasteiger partial charge in [0.2, 0.25) is 0 Å². The van der Waals surface area contributed by atoms with E-state index in [2.05, 4.69) is 23.9 Å². The number of hydrogen-bond donors (Lipinski definition) is 2. The topological polar surface area (TPSA) is 58.6 Å². The summed E-state index contributed by atoms with van der Waals surface area (Å²) in [5, 5.41) is 11.7. The fraction of sp³-hybridized carbons (Fsp3) is 0.900. The highest BCUT2D eigenvalue weighted by Gasteiger charge is 2.18. The SMILES string of the molecule is COC(=O)[C@@H](CC(C)C)NCCCO. The molecule has 4 heteroatoms. The summed E-state index contributed by atoms with van der Waals surface area (Å²) in [6, 6.07) is -0.244. The minimum atomic E-state index is -0.244. The molecule has 0 saturated heterocycles. The molecule has 2 N–H and O–H groups in total. The van der Waals surface area contributed by atoms with E-state index in [0.717, 1.165) is 6.42 Å². The number of carbonyl (C=O) groups is 1. The standard InChI is InChI=1S/C10H21NO3/c1-8(2)7-9(10(13)14-3)11-5-4-6-12/h8-9,11-12H,4-7H2,1-3H3/t9-/m1/s1. The van der Waals surface area contributed by atoms with Gasteiger partial charge in [0.1, 0.15) is 6.04 Å². The van der Waals surface area contributed by atoms with Gasteiger partial charge in [-0.1, -0.05) is 13.8 Å². The average molecular weight is 203 g/mol. The second-order valence-corrected chi connectivity index (χ2v) is 3.74. The summed E-state index contributed by atoms with van der Waals surface area (Å²) in [7, 11) is 1.39. The van der Waals surface area contributed by atoms with Gasteiger partial charge < -0.3 is 15.2 Å². The highest BCUT2D eigenvalue weighted by molar-refractivity contribution is 5.75. The van der Waals surface area contributed by atoms with Gasteiger partial charge >= 0.3 is 5.97 Å².